The second-order valence-electron chi connectivity index (χ2n) is 7.85. The summed E-state index contributed by atoms with van der Waals surface area (Å²) in [7, 11) is 3.68. The number of carbonyl (C=O) groups excluding carboxylic acids is 1. The second-order valence-corrected chi connectivity index (χ2v) is 7.85. The number of nitrogens with zero attached hydrogens (tertiary/aromatic N) is 4. The van der Waals surface area contributed by atoms with Gasteiger partial charge in [-0.05, 0) is 43.5 Å². The van der Waals surface area contributed by atoms with Crippen molar-refractivity contribution < 1.29 is 4.79 Å². The van der Waals surface area contributed by atoms with Gasteiger partial charge in [-0.2, -0.15) is 5.10 Å². The van der Waals surface area contributed by atoms with E-state index in [0.717, 1.165) is 49.4 Å². The molecule has 1 aliphatic rings. The van der Waals surface area contributed by atoms with E-state index in [4.69, 9.17) is 4.99 Å². The van der Waals surface area contributed by atoms with E-state index < -0.39 is 0 Å². The van der Waals surface area contributed by atoms with E-state index in [-0.39, 0.29) is 35.3 Å². The molecule has 1 aromatic heterocycles. The van der Waals surface area contributed by atoms with Crippen LogP contribution in [-0.2, 0) is 11.3 Å². The maximum atomic E-state index is 12.8. The van der Waals surface area contributed by atoms with Gasteiger partial charge in [-0.1, -0.05) is 25.0 Å². The van der Waals surface area contributed by atoms with Gasteiger partial charge in [0.15, 0.2) is 5.96 Å². The Labute approximate surface area is 196 Å². The number of hydrogen-bond acceptors (Lipinski definition) is 3. The number of benzene rings is 1. The van der Waals surface area contributed by atoms with Crippen molar-refractivity contribution in [3.05, 3.63) is 48.3 Å². The standard InChI is InChI=1S/C22H32N6O.HI/c1-4-23-21(25-17-22(12-5-6-13-22)20(29)27(2)3)24-16-18-8-10-19(11-9-18)28-15-7-14-26-28;/h7-11,14-15H,4-6,12-13,16-17H2,1-3H3,(H2,23,24,25);1H. The minimum absolute atomic E-state index is 0. The summed E-state index contributed by atoms with van der Waals surface area (Å²) in [5.74, 6) is 0.967. The van der Waals surface area contributed by atoms with Gasteiger partial charge >= 0.3 is 0 Å². The van der Waals surface area contributed by atoms with Crippen LogP contribution in [0.15, 0.2) is 47.7 Å². The fourth-order valence-corrected chi connectivity index (χ4v) is 3.93. The lowest BCUT2D eigenvalue weighted by atomic mass is 9.84. The van der Waals surface area contributed by atoms with Crippen LogP contribution in [0, 0.1) is 5.41 Å². The molecule has 1 heterocycles. The predicted molar refractivity (Wildman–Crippen MR) is 131 cm³/mol. The molecule has 0 aliphatic heterocycles. The monoisotopic (exact) mass is 524 g/mol. The summed E-state index contributed by atoms with van der Waals surface area (Å²) in [5.41, 5.74) is 1.83. The quantitative estimate of drug-likeness (QED) is 0.332. The van der Waals surface area contributed by atoms with E-state index >= 15 is 0 Å². The van der Waals surface area contributed by atoms with Crippen LogP contribution in [0.25, 0.3) is 5.69 Å². The average Bonchev–Trinajstić information content (AvgIpc) is 3.43. The Morgan fingerprint density at radius 1 is 1.20 bits per heavy atom. The van der Waals surface area contributed by atoms with Crippen LogP contribution in [0.1, 0.15) is 38.2 Å². The first-order valence-corrected chi connectivity index (χ1v) is 10.4. The summed E-state index contributed by atoms with van der Waals surface area (Å²) in [4.78, 5) is 19.2. The Bertz CT molecular complexity index is 811. The second kappa shape index (κ2) is 11.3. The van der Waals surface area contributed by atoms with Crippen LogP contribution >= 0.6 is 24.0 Å². The van der Waals surface area contributed by atoms with Crippen molar-refractivity contribution in [3.63, 3.8) is 0 Å². The molecule has 7 nitrogen and oxygen atoms in total. The molecule has 1 aliphatic carbocycles. The molecule has 2 N–H and O–H groups in total. The summed E-state index contributed by atoms with van der Waals surface area (Å²) in [6, 6.07) is 10.1. The Hall–Kier alpha value is -2.10. The average molecular weight is 524 g/mol. The zero-order valence-electron chi connectivity index (χ0n) is 18.1. The zero-order valence-corrected chi connectivity index (χ0v) is 20.4. The summed E-state index contributed by atoms with van der Waals surface area (Å²) in [6.45, 7) is 4.02. The van der Waals surface area contributed by atoms with Crippen molar-refractivity contribution >= 4 is 35.8 Å². The number of aliphatic imine (C=N–C) groups is 1. The molecule has 0 bridgehead atoms. The molecule has 0 unspecified atom stereocenters. The highest BCUT2D eigenvalue weighted by molar-refractivity contribution is 14.0. The van der Waals surface area contributed by atoms with E-state index in [2.05, 4.69) is 27.9 Å². The number of halogens is 1. The number of guanidine groups is 1. The first-order valence-electron chi connectivity index (χ1n) is 10.4. The molecule has 1 aromatic carbocycles. The SMILES string of the molecule is CCNC(=NCc1ccc(-n2cccn2)cc1)NCC1(C(=O)N(C)C)CCCC1.I. The molecule has 8 heteroatoms. The van der Waals surface area contributed by atoms with Gasteiger partial charge in [-0.15, -0.1) is 24.0 Å². The Balaban J connectivity index is 0.00000320. The van der Waals surface area contributed by atoms with Crippen molar-refractivity contribution in [3.8, 4) is 5.69 Å². The molecule has 0 saturated heterocycles. The highest BCUT2D eigenvalue weighted by Gasteiger charge is 2.42. The van der Waals surface area contributed by atoms with Crippen LogP contribution in [-0.4, -0.2) is 53.7 Å². The summed E-state index contributed by atoms with van der Waals surface area (Å²) >= 11 is 0. The Kier molecular flexibility index (Phi) is 9.13. The maximum absolute atomic E-state index is 12.8. The van der Waals surface area contributed by atoms with Crippen molar-refractivity contribution in [2.45, 2.75) is 39.2 Å². The van der Waals surface area contributed by atoms with E-state index in [1.54, 1.807) is 11.1 Å². The lowest BCUT2D eigenvalue weighted by Crippen LogP contribution is -2.49. The van der Waals surface area contributed by atoms with E-state index in [0.29, 0.717) is 13.1 Å². The third kappa shape index (κ3) is 5.96. The molecule has 0 spiro atoms. The number of hydrogen-bond donors (Lipinski definition) is 2. The zero-order chi connectivity index (χ0) is 20.7. The topological polar surface area (TPSA) is 74.5 Å². The van der Waals surface area contributed by atoms with Crippen LogP contribution in [0.2, 0.25) is 0 Å². The van der Waals surface area contributed by atoms with Crippen LogP contribution in [0.5, 0.6) is 0 Å². The van der Waals surface area contributed by atoms with Crippen molar-refractivity contribution in [2.75, 3.05) is 27.2 Å². The third-order valence-electron chi connectivity index (χ3n) is 5.48. The third-order valence-corrected chi connectivity index (χ3v) is 5.48. The number of aromatic nitrogens is 2. The van der Waals surface area contributed by atoms with Gasteiger partial charge in [0.25, 0.3) is 0 Å². The van der Waals surface area contributed by atoms with Crippen molar-refractivity contribution in [1.82, 2.24) is 25.3 Å². The minimum atomic E-state index is -0.314. The highest BCUT2D eigenvalue weighted by Crippen LogP contribution is 2.38. The number of rotatable bonds is 7. The number of amides is 1. The van der Waals surface area contributed by atoms with Gasteiger partial charge in [-0.3, -0.25) is 4.79 Å². The molecule has 1 saturated carbocycles. The molecular weight excluding hydrogens is 491 g/mol. The molecular formula is C22H33IN6O. The van der Waals surface area contributed by atoms with Gasteiger partial charge in [0.2, 0.25) is 5.91 Å². The largest absolute Gasteiger partial charge is 0.357 e. The van der Waals surface area contributed by atoms with Crippen molar-refractivity contribution in [1.29, 1.82) is 0 Å². The summed E-state index contributed by atoms with van der Waals surface area (Å²) < 4.78 is 1.83. The molecule has 1 fully saturated rings. The van der Waals surface area contributed by atoms with Gasteiger partial charge in [0.05, 0.1) is 17.6 Å². The maximum Gasteiger partial charge on any atom is 0.230 e. The fourth-order valence-electron chi connectivity index (χ4n) is 3.93. The molecule has 3 rings (SSSR count). The van der Waals surface area contributed by atoms with Crippen LogP contribution in [0.3, 0.4) is 0 Å². The molecule has 164 valence electrons. The molecule has 0 atom stereocenters. The van der Waals surface area contributed by atoms with Gasteiger partial charge in [-0.25, -0.2) is 9.67 Å². The first kappa shape index (κ1) is 24.2. The van der Waals surface area contributed by atoms with Crippen molar-refractivity contribution in [2.24, 2.45) is 10.4 Å². The summed E-state index contributed by atoms with van der Waals surface area (Å²) in [5, 5.41) is 11.0. The van der Waals surface area contributed by atoms with E-state index in [1.807, 2.05) is 50.1 Å². The molecule has 1 amide bonds. The predicted octanol–water partition coefficient (Wildman–Crippen LogP) is 3.19. The van der Waals surface area contributed by atoms with E-state index in [9.17, 15) is 4.79 Å². The molecule has 0 radical (unpaired) electrons. The smallest absolute Gasteiger partial charge is 0.230 e. The molecule has 2 aromatic rings. The highest BCUT2D eigenvalue weighted by atomic mass is 127. The first-order chi connectivity index (χ1) is 14.0. The van der Waals surface area contributed by atoms with Gasteiger partial charge in [0.1, 0.15) is 0 Å². The normalized spacial score (nSPS) is 15.4. The van der Waals surface area contributed by atoms with Gasteiger partial charge in [0, 0.05) is 39.6 Å². The Morgan fingerprint density at radius 3 is 2.47 bits per heavy atom. The van der Waals surface area contributed by atoms with Crippen LogP contribution in [0.4, 0.5) is 0 Å². The summed E-state index contributed by atoms with van der Waals surface area (Å²) in [6.07, 6.45) is 7.78. The Morgan fingerprint density at radius 2 is 1.90 bits per heavy atom. The fraction of sp³-hybridized carbons (Fsp3) is 0.500. The minimum Gasteiger partial charge on any atom is -0.357 e. The number of nitrogens with one attached hydrogen (secondary N) is 2. The van der Waals surface area contributed by atoms with Gasteiger partial charge < -0.3 is 15.5 Å². The molecule has 30 heavy (non-hydrogen) atoms. The lowest BCUT2D eigenvalue weighted by molar-refractivity contribution is -0.138. The van der Waals surface area contributed by atoms with E-state index in [1.165, 1.54) is 0 Å². The number of carbonyl (C=O) groups is 1. The lowest BCUT2D eigenvalue weighted by Gasteiger charge is -2.31. The van der Waals surface area contributed by atoms with Crippen LogP contribution < -0.4 is 10.6 Å².